The minimum Gasteiger partial charge on any atom is -0.483 e. The number of carbonyl (C=O) groups is 1. The molecule has 0 spiro atoms. The number of carbonyl (C=O) groups excluding carboxylic acids is 1. The Morgan fingerprint density at radius 1 is 1.39 bits per heavy atom. The first-order chi connectivity index (χ1) is 10.9. The molecule has 0 aliphatic carbocycles. The molecule has 1 aliphatic rings. The Morgan fingerprint density at radius 3 is 2.78 bits per heavy atom. The lowest BCUT2D eigenvalue weighted by atomic mass is 10.0. The van der Waals surface area contributed by atoms with Crippen molar-refractivity contribution < 1.29 is 9.53 Å². The first-order valence-electron chi connectivity index (χ1n) is 8.56. The van der Waals surface area contributed by atoms with Crippen LogP contribution < -0.4 is 4.74 Å². The minimum absolute atomic E-state index is 0.0888. The fourth-order valence-corrected chi connectivity index (χ4v) is 2.96. The van der Waals surface area contributed by atoms with Gasteiger partial charge in [-0.05, 0) is 57.0 Å². The first-order valence-corrected chi connectivity index (χ1v) is 8.56. The zero-order valence-corrected chi connectivity index (χ0v) is 15.1. The van der Waals surface area contributed by atoms with E-state index in [2.05, 4.69) is 51.0 Å². The third-order valence-electron chi connectivity index (χ3n) is 4.71. The fraction of sp³-hybridized carbons (Fsp3) is 0.632. The summed E-state index contributed by atoms with van der Waals surface area (Å²) in [6.07, 6.45) is 2.23. The molecule has 2 rings (SSSR count). The number of benzene rings is 1. The number of hydrogen-bond acceptors (Lipinski definition) is 3. The Morgan fingerprint density at radius 2 is 2.13 bits per heavy atom. The molecule has 0 aromatic heterocycles. The Kier molecular flexibility index (Phi) is 6.05. The number of aryl methyl sites for hydroxylation is 1. The van der Waals surface area contributed by atoms with Crippen LogP contribution in [-0.4, -0.2) is 55.5 Å². The van der Waals surface area contributed by atoms with Crippen molar-refractivity contribution in [3.8, 4) is 5.75 Å². The van der Waals surface area contributed by atoms with Gasteiger partial charge in [0, 0.05) is 19.1 Å². The predicted octanol–water partition coefficient (Wildman–Crippen LogP) is 3.05. The Hall–Kier alpha value is -1.55. The second-order valence-corrected chi connectivity index (χ2v) is 7.07. The molecular formula is C19H30N2O2. The lowest BCUT2D eigenvalue weighted by Gasteiger charge is -2.36. The van der Waals surface area contributed by atoms with Crippen LogP contribution in [0.2, 0.25) is 0 Å². The molecule has 1 aliphatic heterocycles. The second-order valence-electron chi connectivity index (χ2n) is 7.07. The highest BCUT2D eigenvalue weighted by Crippen LogP contribution is 2.24. The number of hydrogen-bond donors (Lipinski definition) is 0. The van der Waals surface area contributed by atoms with Crippen LogP contribution in [0.1, 0.15) is 43.7 Å². The Labute approximate surface area is 140 Å². The van der Waals surface area contributed by atoms with Crippen LogP contribution in [-0.2, 0) is 4.79 Å². The monoisotopic (exact) mass is 318 g/mol. The molecule has 1 fully saturated rings. The van der Waals surface area contributed by atoms with Crippen molar-refractivity contribution in [2.24, 2.45) is 0 Å². The number of rotatable bonds is 5. The zero-order valence-electron chi connectivity index (χ0n) is 15.1. The van der Waals surface area contributed by atoms with Crippen molar-refractivity contribution in [3.63, 3.8) is 0 Å². The van der Waals surface area contributed by atoms with Gasteiger partial charge < -0.3 is 14.5 Å². The molecule has 128 valence electrons. The molecule has 1 atom stereocenters. The van der Waals surface area contributed by atoms with E-state index in [1.165, 1.54) is 5.56 Å². The maximum atomic E-state index is 12.5. The van der Waals surface area contributed by atoms with E-state index in [-0.39, 0.29) is 12.5 Å². The topological polar surface area (TPSA) is 32.8 Å². The molecule has 0 radical (unpaired) electrons. The van der Waals surface area contributed by atoms with E-state index in [1.807, 2.05) is 11.8 Å². The van der Waals surface area contributed by atoms with Gasteiger partial charge in [0.25, 0.3) is 5.91 Å². The fourth-order valence-electron chi connectivity index (χ4n) is 2.96. The molecule has 0 N–H and O–H groups in total. The lowest BCUT2D eigenvalue weighted by molar-refractivity contribution is -0.135. The summed E-state index contributed by atoms with van der Waals surface area (Å²) >= 11 is 0. The molecule has 4 heteroatoms. The van der Waals surface area contributed by atoms with Crippen molar-refractivity contribution >= 4 is 5.91 Å². The van der Waals surface area contributed by atoms with Gasteiger partial charge in [0.05, 0.1) is 0 Å². The average molecular weight is 318 g/mol. The standard InChI is InChI=1S/C19H30N2O2/c1-14(2)16-9-8-15(3)18(11-16)23-13-19(22)21-10-6-7-17(12-21)20(4)5/h8-9,11,14,17H,6-7,10,12-13H2,1-5H3. The van der Waals surface area contributed by atoms with Crippen LogP contribution in [0.15, 0.2) is 18.2 Å². The quantitative estimate of drug-likeness (QED) is 0.836. The number of likely N-dealkylation sites (N-methyl/N-ethyl adjacent to an activating group) is 1. The lowest BCUT2D eigenvalue weighted by Crippen LogP contribution is -2.48. The van der Waals surface area contributed by atoms with E-state index in [0.717, 1.165) is 37.2 Å². The zero-order chi connectivity index (χ0) is 17.0. The number of nitrogens with zero attached hydrogens (tertiary/aromatic N) is 2. The number of amides is 1. The van der Waals surface area contributed by atoms with Gasteiger partial charge in [0.2, 0.25) is 0 Å². The van der Waals surface area contributed by atoms with Gasteiger partial charge >= 0.3 is 0 Å². The molecule has 1 unspecified atom stereocenters. The SMILES string of the molecule is Cc1ccc(C(C)C)cc1OCC(=O)N1CCCC(N(C)C)C1. The van der Waals surface area contributed by atoms with Crippen LogP contribution in [0.25, 0.3) is 0 Å². The average Bonchev–Trinajstić information content (AvgIpc) is 2.53. The van der Waals surface area contributed by atoms with Crippen molar-refractivity contribution in [1.29, 1.82) is 0 Å². The van der Waals surface area contributed by atoms with Crippen LogP contribution in [0.4, 0.5) is 0 Å². The summed E-state index contributed by atoms with van der Waals surface area (Å²) in [5, 5.41) is 0. The molecule has 1 amide bonds. The van der Waals surface area contributed by atoms with Crippen molar-refractivity contribution in [1.82, 2.24) is 9.80 Å². The van der Waals surface area contributed by atoms with Gasteiger partial charge in [-0.1, -0.05) is 26.0 Å². The largest absolute Gasteiger partial charge is 0.483 e. The summed E-state index contributed by atoms with van der Waals surface area (Å²) in [5.74, 6) is 1.37. The second kappa shape index (κ2) is 7.82. The summed E-state index contributed by atoms with van der Waals surface area (Å²) in [5.41, 5.74) is 2.32. The van der Waals surface area contributed by atoms with E-state index in [1.54, 1.807) is 0 Å². The van der Waals surface area contributed by atoms with E-state index in [9.17, 15) is 4.79 Å². The molecule has 4 nitrogen and oxygen atoms in total. The van der Waals surface area contributed by atoms with Crippen molar-refractivity contribution in [2.75, 3.05) is 33.8 Å². The molecular weight excluding hydrogens is 288 g/mol. The van der Waals surface area contributed by atoms with E-state index in [0.29, 0.717) is 12.0 Å². The number of ether oxygens (including phenoxy) is 1. The van der Waals surface area contributed by atoms with Gasteiger partial charge in [-0.2, -0.15) is 0 Å². The summed E-state index contributed by atoms with van der Waals surface area (Å²) in [7, 11) is 4.16. The third kappa shape index (κ3) is 4.71. The van der Waals surface area contributed by atoms with Gasteiger partial charge in [-0.25, -0.2) is 0 Å². The molecule has 1 saturated heterocycles. The van der Waals surface area contributed by atoms with Crippen LogP contribution in [0.3, 0.4) is 0 Å². The third-order valence-corrected chi connectivity index (χ3v) is 4.71. The molecule has 0 bridgehead atoms. The highest BCUT2D eigenvalue weighted by Gasteiger charge is 2.25. The van der Waals surface area contributed by atoms with Crippen LogP contribution in [0.5, 0.6) is 5.75 Å². The highest BCUT2D eigenvalue weighted by molar-refractivity contribution is 5.78. The maximum Gasteiger partial charge on any atom is 0.260 e. The minimum atomic E-state index is 0.0888. The first kappa shape index (κ1) is 17.8. The van der Waals surface area contributed by atoms with Crippen LogP contribution in [0, 0.1) is 6.92 Å². The van der Waals surface area contributed by atoms with Gasteiger partial charge in [-0.3, -0.25) is 4.79 Å². The van der Waals surface area contributed by atoms with Crippen molar-refractivity contribution in [2.45, 2.75) is 45.6 Å². The van der Waals surface area contributed by atoms with E-state index < -0.39 is 0 Å². The molecule has 1 aromatic carbocycles. The summed E-state index contributed by atoms with van der Waals surface area (Å²) in [4.78, 5) is 16.6. The van der Waals surface area contributed by atoms with E-state index in [4.69, 9.17) is 4.74 Å². The Balaban J connectivity index is 1.95. The van der Waals surface area contributed by atoms with Gasteiger partial charge in [0.15, 0.2) is 6.61 Å². The molecule has 23 heavy (non-hydrogen) atoms. The Bertz CT molecular complexity index is 540. The molecule has 1 aromatic rings. The number of piperidine rings is 1. The maximum absolute atomic E-state index is 12.5. The summed E-state index contributed by atoms with van der Waals surface area (Å²) < 4.78 is 5.83. The van der Waals surface area contributed by atoms with Gasteiger partial charge in [0.1, 0.15) is 5.75 Å². The smallest absolute Gasteiger partial charge is 0.260 e. The molecule has 1 heterocycles. The normalized spacial score (nSPS) is 18.6. The molecule has 0 saturated carbocycles. The number of likely N-dealkylation sites (tertiary alicyclic amines) is 1. The van der Waals surface area contributed by atoms with Gasteiger partial charge in [-0.15, -0.1) is 0 Å². The van der Waals surface area contributed by atoms with Crippen LogP contribution >= 0.6 is 0 Å². The summed E-state index contributed by atoms with van der Waals surface area (Å²) in [6.45, 7) is 8.12. The summed E-state index contributed by atoms with van der Waals surface area (Å²) in [6, 6.07) is 6.71. The highest BCUT2D eigenvalue weighted by atomic mass is 16.5. The predicted molar refractivity (Wildman–Crippen MR) is 94.1 cm³/mol. The van der Waals surface area contributed by atoms with Crippen molar-refractivity contribution in [3.05, 3.63) is 29.3 Å². The van der Waals surface area contributed by atoms with E-state index >= 15 is 0 Å².